The molecular weight excluding hydrogens is 238 g/mol. The number of hydrogen-bond donors (Lipinski definition) is 0. The summed E-state index contributed by atoms with van der Waals surface area (Å²) in [4.78, 5) is 18.4. The van der Waals surface area contributed by atoms with Gasteiger partial charge in [-0.25, -0.2) is 4.98 Å². The largest absolute Gasteiger partial charge is 0.331 e. The van der Waals surface area contributed by atoms with Crippen LogP contribution in [0.3, 0.4) is 0 Å². The molecule has 1 amide bonds. The minimum absolute atomic E-state index is 0.0128. The summed E-state index contributed by atoms with van der Waals surface area (Å²) in [5, 5.41) is 0. The van der Waals surface area contributed by atoms with E-state index in [1.165, 1.54) is 0 Å². The molecule has 4 nitrogen and oxygen atoms in total. The van der Waals surface area contributed by atoms with Crippen LogP contribution in [0.1, 0.15) is 29.9 Å². The van der Waals surface area contributed by atoms with Crippen LogP contribution in [0.4, 0.5) is 0 Å². The molecule has 0 fully saturated rings. The van der Waals surface area contributed by atoms with E-state index in [0.29, 0.717) is 12.2 Å². The third-order valence-electron chi connectivity index (χ3n) is 3.12. The Kier molecular flexibility index (Phi) is 4.00. The number of imidazole rings is 1. The van der Waals surface area contributed by atoms with Crippen molar-refractivity contribution in [2.24, 2.45) is 7.05 Å². The van der Waals surface area contributed by atoms with Gasteiger partial charge in [0.15, 0.2) is 0 Å². The highest BCUT2D eigenvalue weighted by Gasteiger charge is 2.21. The first-order valence-electron chi connectivity index (χ1n) is 6.41. The number of amides is 1. The molecule has 0 aliphatic rings. The molecule has 19 heavy (non-hydrogen) atoms. The molecule has 0 radical (unpaired) electrons. The Morgan fingerprint density at radius 2 is 2.00 bits per heavy atom. The molecule has 0 bridgehead atoms. The van der Waals surface area contributed by atoms with Crippen LogP contribution in [0.15, 0.2) is 42.9 Å². The number of nitrogens with zero attached hydrogens (tertiary/aromatic N) is 3. The Morgan fingerprint density at radius 1 is 1.32 bits per heavy atom. The van der Waals surface area contributed by atoms with Gasteiger partial charge in [0.2, 0.25) is 0 Å². The highest BCUT2D eigenvalue weighted by molar-refractivity contribution is 5.92. The summed E-state index contributed by atoms with van der Waals surface area (Å²) in [7, 11) is 1.83. The zero-order valence-corrected chi connectivity index (χ0v) is 11.6. The van der Waals surface area contributed by atoms with Crippen LogP contribution in [0.5, 0.6) is 0 Å². The summed E-state index contributed by atoms with van der Waals surface area (Å²) in [6.45, 7) is 4.66. The van der Waals surface area contributed by atoms with Gasteiger partial charge in [-0.3, -0.25) is 4.79 Å². The van der Waals surface area contributed by atoms with Crippen LogP contribution in [0, 0.1) is 0 Å². The number of hydrogen-bond acceptors (Lipinski definition) is 2. The molecule has 4 heteroatoms. The van der Waals surface area contributed by atoms with Gasteiger partial charge >= 0.3 is 0 Å². The average Bonchev–Trinajstić information content (AvgIpc) is 2.82. The lowest BCUT2D eigenvalue weighted by Gasteiger charge is -2.26. The van der Waals surface area contributed by atoms with E-state index in [1.54, 1.807) is 17.1 Å². The van der Waals surface area contributed by atoms with Crippen molar-refractivity contribution in [3.05, 3.63) is 54.1 Å². The van der Waals surface area contributed by atoms with Crippen molar-refractivity contribution in [1.29, 1.82) is 0 Å². The van der Waals surface area contributed by atoms with Gasteiger partial charge in [0.1, 0.15) is 5.69 Å². The van der Waals surface area contributed by atoms with Gasteiger partial charge in [0, 0.05) is 19.6 Å². The summed E-state index contributed by atoms with van der Waals surface area (Å²) in [6, 6.07) is 10.2. The Labute approximate surface area is 113 Å². The van der Waals surface area contributed by atoms with E-state index >= 15 is 0 Å². The van der Waals surface area contributed by atoms with Gasteiger partial charge in [-0.1, -0.05) is 30.3 Å². The molecule has 0 aliphatic heterocycles. The molecule has 0 saturated carbocycles. The maximum atomic E-state index is 12.5. The number of carbonyl (C=O) groups excluding carboxylic acids is 1. The van der Waals surface area contributed by atoms with E-state index in [2.05, 4.69) is 4.98 Å². The molecule has 2 aromatic rings. The predicted octanol–water partition coefficient (Wildman–Crippen LogP) is 2.47. The maximum Gasteiger partial charge on any atom is 0.272 e. The second-order valence-electron chi connectivity index (χ2n) is 4.90. The Hall–Kier alpha value is -2.10. The third-order valence-corrected chi connectivity index (χ3v) is 3.12. The zero-order valence-electron chi connectivity index (χ0n) is 11.6. The Balaban J connectivity index is 2.22. The normalized spacial score (nSPS) is 10.7. The van der Waals surface area contributed by atoms with Crippen molar-refractivity contribution < 1.29 is 4.79 Å². The highest BCUT2D eigenvalue weighted by Crippen LogP contribution is 2.12. The lowest BCUT2D eigenvalue weighted by atomic mass is 10.2. The van der Waals surface area contributed by atoms with Crippen molar-refractivity contribution in [1.82, 2.24) is 14.5 Å². The predicted molar refractivity (Wildman–Crippen MR) is 74.7 cm³/mol. The number of carbonyl (C=O) groups is 1. The standard InChI is InChI=1S/C15H19N3O/c1-12(2)18(10-13-7-5-4-6-8-13)15(19)14-9-16-11-17(14)3/h4-9,11-12H,10H2,1-3H3. The first kappa shape index (κ1) is 13.3. The second kappa shape index (κ2) is 5.69. The van der Waals surface area contributed by atoms with Crippen molar-refractivity contribution in [3.63, 3.8) is 0 Å². The van der Waals surface area contributed by atoms with Crippen LogP contribution >= 0.6 is 0 Å². The third kappa shape index (κ3) is 3.02. The minimum atomic E-state index is 0.0128. The first-order chi connectivity index (χ1) is 9.09. The first-order valence-corrected chi connectivity index (χ1v) is 6.41. The SMILES string of the molecule is CC(C)N(Cc1ccccc1)C(=O)c1cncn1C. The average molecular weight is 257 g/mol. The summed E-state index contributed by atoms with van der Waals surface area (Å²) < 4.78 is 1.75. The molecule has 0 saturated heterocycles. The molecule has 0 aliphatic carbocycles. The summed E-state index contributed by atoms with van der Waals surface area (Å²) in [6.07, 6.45) is 3.26. The molecule has 0 spiro atoms. The summed E-state index contributed by atoms with van der Waals surface area (Å²) in [5.74, 6) is 0.0128. The maximum absolute atomic E-state index is 12.5. The molecule has 1 aromatic carbocycles. The lowest BCUT2D eigenvalue weighted by Crippen LogP contribution is -2.37. The number of rotatable bonds is 4. The monoisotopic (exact) mass is 257 g/mol. The van der Waals surface area contributed by atoms with Gasteiger partial charge in [-0.2, -0.15) is 0 Å². The van der Waals surface area contributed by atoms with Crippen LogP contribution < -0.4 is 0 Å². The summed E-state index contributed by atoms with van der Waals surface area (Å²) in [5.41, 5.74) is 1.75. The van der Waals surface area contributed by atoms with Crippen LogP contribution in [0.25, 0.3) is 0 Å². The quantitative estimate of drug-likeness (QED) is 0.844. The second-order valence-corrected chi connectivity index (χ2v) is 4.90. The van der Waals surface area contributed by atoms with E-state index in [4.69, 9.17) is 0 Å². The fraction of sp³-hybridized carbons (Fsp3) is 0.333. The fourth-order valence-electron chi connectivity index (χ4n) is 1.98. The summed E-state index contributed by atoms with van der Waals surface area (Å²) >= 11 is 0. The molecule has 2 rings (SSSR count). The van der Waals surface area contributed by atoms with E-state index in [9.17, 15) is 4.79 Å². The van der Waals surface area contributed by atoms with Gasteiger partial charge < -0.3 is 9.47 Å². The highest BCUT2D eigenvalue weighted by atomic mass is 16.2. The molecule has 1 heterocycles. The molecule has 100 valence electrons. The van der Waals surface area contributed by atoms with Crippen molar-refractivity contribution >= 4 is 5.91 Å². The number of aryl methyl sites for hydroxylation is 1. The van der Waals surface area contributed by atoms with E-state index in [-0.39, 0.29) is 11.9 Å². The number of benzene rings is 1. The van der Waals surface area contributed by atoms with Crippen molar-refractivity contribution in [3.8, 4) is 0 Å². The van der Waals surface area contributed by atoms with Gasteiger partial charge in [0.05, 0.1) is 12.5 Å². The molecule has 0 atom stereocenters. The zero-order chi connectivity index (χ0) is 13.8. The van der Waals surface area contributed by atoms with Crippen molar-refractivity contribution in [2.75, 3.05) is 0 Å². The van der Waals surface area contributed by atoms with E-state index in [1.807, 2.05) is 56.1 Å². The Bertz CT molecular complexity index is 546. The minimum Gasteiger partial charge on any atom is -0.331 e. The van der Waals surface area contributed by atoms with E-state index < -0.39 is 0 Å². The number of aromatic nitrogens is 2. The van der Waals surface area contributed by atoms with E-state index in [0.717, 1.165) is 5.56 Å². The molecular formula is C15H19N3O. The molecule has 1 aromatic heterocycles. The molecule has 0 N–H and O–H groups in total. The van der Waals surface area contributed by atoms with Gasteiger partial charge in [-0.15, -0.1) is 0 Å². The van der Waals surface area contributed by atoms with Gasteiger partial charge in [-0.05, 0) is 19.4 Å². The van der Waals surface area contributed by atoms with Crippen molar-refractivity contribution in [2.45, 2.75) is 26.4 Å². The lowest BCUT2D eigenvalue weighted by molar-refractivity contribution is 0.0680. The van der Waals surface area contributed by atoms with Gasteiger partial charge in [0.25, 0.3) is 5.91 Å². The van der Waals surface area contributed by atoms with Crippen LogP contribution in [-0.2, 0) is 13.6 Å². The smallest absolute Gasteiger partial charge is 0.272 e. The Morgan fingerprint density at radius 3 is 2.53 bits per heavy atom. The topological polar surface area (TPSA) is 38.1 Å². The van der Waals surface area contributed by atoms with Crippen LogP contribution in [0.2, 0.25) is 0 Å². The fourth-order valence-corrected chi connectivity index (χ4v) is 1.98. The molecule has 0 unspecified atom stereocenters. The van der Waals surface area contributed by atoms with Crippen LogP contribution in [-0.4, -0.2) is 26.4 Å².